The van der Waals surface area contributed by atoms with Crippen molar-refractivity contribution in [3.63, 3.8) is 0 Å². The first kappa shape index (κ1) is 9.65. The van der Waals surface area contributed by atoms with Gasteiger partial charge in [-0.15, -0.1) is 0 Å². The van der Waals surface area contributed by atoms with E-state index in [0.29, 0.717) is 5.56 Å². The van der Waals surface area contributed by atoms with Gasteiger partial charge in [-0.1, -0.05) is 6.07 Å². The SMILES string of the molecule is N#CC(O)C(O)c1ccc2[nH]ncc2c1. The largest absolute Gasteiger partial charge is 0.385 e. The van der Waals surface area contributed by atoms with Gasteiger partial charge in [0.25, 0.3) is 0 Å². The summed E-state index contributed by atoms with van der Waals surface area (Å²) in [5.41, 5.74) is 1.34. The van der Waals surface area contributed by atoms with E-state index in [1.54, 1.807) is 30.5 Å². The Morgan fingerprint density at radius 2 is 2.20 bits per heavy atom. The number of rotatable bonds is 2. The predicted octanol–water partition coefficient (Wildman–Crippen LogP) is 0.481. The second-order valence-electron chi connectivity index (χ2n) is 3.24. The van der Waals surface area contributed by atoms with Gasteiger partial charge in [0.1, 0.15) is 6.10 Å². The highest BCUT2D eigenvalue weighted by atomic mass is 16.3. The summed E-state index contributed by atoms with van der Waals surface area (Å²) in [6.45, 7) is 0. The van der Waals surface area contributed by atoms with E-state index < -0.39 is 12.2 Å². The van der Waals surface area contributed by atoms with E-state index in [4.69, 9.17) is 10.4 Å². The summed E-state index contributed by atoms with van der Waals surface area (Å²) in [6, 6.07) is 6.66. The van der Waals surface area contributed by atoms with Crippen molar-refractivity contribution < 1.29 is 10.2 Å². The van der Waals surface area contributed by atoms with Crippen LogP contribution < -0.4 is 0 Å². The maximum absolute atomic E-state index is 9.58. The van der Waals surface area contributed by atoms with Gasteiger partial charge >= 0.3 is 0 Å². The molecule has 0 aliphatic rings. The lowest BCUT2D eigenvalue weighted by atomic mass is 10.0. The van der Waals surface area contributed by atoms with Gasteiger partial charge in [0.15, 0.2) is 6.10 Å². The maximum Gasteiger partial charge on any atom is 0.170 e. The number of nitriles is 1. The Hall–Kier alpha value is -1.90. The fraction of sp³-hybridized carbons (Fsp3) is 0.200. The van der Waals surface area contributed by atoms with E-state index in [1.807, 2.05) is 0 Å². The van der Waals surface area contributed by atoms with Crippen molar-refractivity contribution >= 4 is 10.9 Å². The molecule has 2 aromatic rings. The van der Waals surface area contributed by atoms with Gasteiger partial charge < -0.3 is 10.2 Å². The molecule has 2 unspecified atom stereocenters. The number of H-pyrrole nitrogens is 1. The molecule has 15 heavy (non-hydrogen) atoms. The van der Waals surface area contributed by atoms with E-state index in [2.05, 4.69) is 10.2 Å². The summed E-state index contributed by atoms with van der Waals surface area (Å²) in [4.78, 5) is 0. The van der Waals surface area contributed by atoms with Gasteiger partial charge in [-0.3, -0.25) is 5.10 Å². The molecule has 5 nitrogen and oxygen atoms in total. The molecule has 3 N–H and O–H groups in total. The van der Waals surface area contributed by atoms with Gasteiger partial charge in [-0.25, -0.2) is 0 Å². The monoisotopic (exact) mass is 203 g/mol. The quantitative estimate of drug-likeness (QED) is 0.619. The lowest BCUT2D eigenvalue weighted by molar-refractivity contribution is 0.0529. The molecule has 0 aliphatic heterocycles. The molecule has 1 aromatic heterocycles. The van der Waals surface area contributed by atoms with Crippen LogP contribution in [0, 0.1) is 11.3 Å². The molecule has 1 heterocycles. The fourth-order valence-electron chi connectivity index (χ4n) is 1.40. The van der Waals surface area contributed by atoms with Crippen LogP contribution in [0.5, 0.6) is 0 Å². The highest BCUT2D eigenvalue weighted by molar-refractivity contribution is 5.78. The molecule has 0 bridgehead atoms. The lowest BCUT2D eigenvalue weighted by Crippen LogP contribution is -2.15. The van der Waals surface area contributed by atoms with E-state index in [-0.39, 0.29) is 0 Å². The number of aliphatic hydroxyl groups is 2. The van der Waals surface area contributed by atoms with Crippen molar-refractivity contribution in [3.05, 3.63) is 30.0 Å². The second-order valence-corrected chi connectivity index (χ2v) is 3.24. The van der Waals surface area contributed by atoms with E-state index in [0.717, 1.165) is 10.9 Å². The first-order valence-electron chi connectivity index (χ1n) is 4.41. The first-order valence-corrected chi connectivity index (χ1v) is 4.41. The van der Waals surface area contributed by atoms with Crippen LogP contribution in [0.25, 0.3) is 10.9 Å². The number of fused-ring (bicyclic) bond motifs is 1. The van der Waals surface area contributed by atoms with Crippen LogP contribution in [-0.4, -0.2) is 26.5 Å². The van der Waals surface area contributed by atoms with E-state index in [9.17, 15) is 5.11 Å². The van der Waals surface area contributed by atoms with E-state index >= 15 is 0 Å². The Bertz CT molecular complexity index is 515. The number of hydrogen-bond donors (Lipinski definition) is 3. The van der Waals surface area contributed by atoms with Crippen LogP contribution in [-0.2, 0) is 0 Å². The molecular weight excluding hydrogens is 194 g/mol. The zero-order valence-corrected chi connectivity index (χ0v) is 7.75. The first-order chi connectivity index (χ1) is 7.22. The highest BCUT2D eigenvalue weighted by Gasteiger charge is 2.17. The minimum absolute atomic E-state index is 0.498. The summed E-state index contributed by atoms with van der Waals surface area (Å²) < 4.78 is 0. The molecule has 0 amide bonds. The Morgan fingerprint density at radius 3 is 2.93 bits per heavy atom. The van der Waals surface area contributed by atoms with Crippen molar-refractivity contribution in [2.75, 3.05) is 0 Å². The van der Waals surface area contributed by atoms with Crippen molar-refractivity contribution in [1.29, 1.82) is 5.26 Å². The normalized spacial score (nSPS) is 14.7. The van der Waals surface area contributed by atoms with Crippen molar-refractivity contribution in [2.45, 2.75) is 12.2 Å². The van der Waals surface area contributed by atoms with Gasteiger partial charge in [0, 0.05) is 5.39 Å². The summed E-state index contributed by atoms with van der Waals surface area (Å²) in [5.74, 6) is 0. The fourth-order valence-corrected chi connectivity index (χ4v) is 1.40. The van der Waals surface area contributed by atoms with Crippen molar-refractivity contribution in [3.8, 4) is 6.07 Å². The number of benzene rings is 1. The number of aromatic nitrogens is 2. The van der Waals surface area contributed by atoms with Crippen molar-refractivity contribution in [2.24, 2.45) is 0 Å². The van der Waals surface area contributed by atoms with Crippen LogP contribution in [0.4, 0.5) is 0 Å². The Morgan fingerprint density at radius 1 is 1.40 bits per heavy atom. The maximum atomic E-state index is 9.58. The third kappa shape index (κ3) is 1.68. The molecule has 76 valence electrons. The average Bonchev–Trinajstić information content (AvgIpc) is 2.73. The zero-order chi connectivity index (χ0) is 10.8. The lowest BCUT2D eigenvalue weighted by Gasteiger charge is -2.11. The molecule has 0 saturated carbocycles. The highest BCUT2D eigenvalue weighted by Crippen LogP contribution is 2.20. The molecule has 0 aliphatic carbocycles. The molecule has 0 saturated heterocycles. The Kier molecular flexibility index (Phi) is 2.37. The topological polar surface area (TPSA) is 92.9 Å². The molecule has 2 atom stereocenters. The van der Waals surface area contributed by atoms with Gasteiger partial charge in [0.05, 0.1) is 17.8 Å². The molecule has 0 radical (unpaired) electrons. The summed E-state index contributed by atoms with van der Waals surface area (Å²) in [5, 5.41) is 34.6. The minimum atomic E-state index is -1.41. The minimum Gasteiger partial charge on any atom is -0.385 e. The standard InChI is InChI=1S/C10H9N3O2/c11-4-9(14)10(15)6-1-2-8-7(3-6)5-12-13-8/h1-3,5,9-10,14-15H,(H,12,13). The molecular formula is C10H9N3O2. The van der Waals surface area contributed by atoms with Gasteiger partial charge in [-0.05, 0) is 17.7 Å². The number of nitrogens with one attached hydrogen (secondary N) is 1. The molecule has 2 rings (SSSR count). The van der Waals surface area contributed by atoms with Gasteiger partial charge in [-0.2, -0.15) is 10.4 Å². The third-order valence-corrected chi connectivity index (χ3v) is 2.24. The van der Waals surface area contributed by atoms with Crippen LogP contribution in [0.3, 0.4) is 0 Å². The number of nitrogens with zero attached hydrogens (tertiary/aromatic N) is 2. The molecule has 5 heteroatoms. The summed E-state index contributed by atoms with van der Waals surface area (Å²) >= 11 is 0. The van der Waals surface area contributed by atoms with Crippen LogP contribution in [0.1, 0.15) is 11.7 Å². The van der Waals surface area contributed by atoms with E-state index in [1.165, 1.54) is 0 Å². The second kappa shape index (κ2) is 3.69. The summed E-state index contributed by atoms with van der Waals surface area (Å²) in [6.07, 6.45) is -0.978. The number of hydrogen-bond acceptors (Lipinski definition) is 4. The number of aromatic amines is 1. The number of aliphatic hydroxyl groups excluding tert-OH is 2. The molecule has 0 fully saturated rings. The van der Waals surface area contributed by atoms with Crippen LogP contribution in [0.15, 0.2) is 24.4 Å². The third-order valence-electron chi connectivity index (χ3n) is 2.24. The molecule has 1 aromatic carbocycles. The smallest absolute Gasteiger partial charge is 0.170 e. The van der Waals surface area contributed by atoms with Crippen LogP contribution >= 0.6 is 0 Å². The predicted molar refractivity (Wildman–Crippen MR) is 52.7 cm³/mol. The van der Waals surface area contributed by atoms with Gasteiger partial charge in [0.2, 0.25) is 0 Å². The summed E-state index contributed by atoms with van der Waals surface area (Å²) in [7, 11) is 0. The van der Waals surface area contributed by atoms with Crippen LogP contribution in [0.2, 0.25) is 0 Å². The Balaban J connectivity index is 2.40. The zero-order valence-electron chi connectivity index (χ0n) is 7.75. The van der Waals surface area contributed by atoms with Crippen molar-refractivity contribution in [1.82, 2.24) is 10.2 Å². The Labute approximate surface area is 85.6 Å². The molecule has 0 spiro atoms. The average molecular weight is 203 g/mol.